The van der Waals surface area contributed by atoms with Crippen molar-refractivity contribution in [3.63, 3.8) is 0 Å². The van der Waals surface area contributed by atoms with Crippen LogP contribution in [0.3, 0.4) is 0 Å². The maximum absolute atomic E-state index is 12.7. The van der Waals surface area contributed by atoms with Gasteiger partial charge in [0, 0.05) is 5.56 Å². The van der Waals surface area contributed by atoms with Crippen molar-refractivity contribution >= 4 is 29.6 Å². The minimum Gasteiger partial charge on any atom is -0.497 e. The number of carbonyl (C=O) groups excluding carboxylic acids is 2. The zero-order valence-corrected chi connectivity index (χ0v) is 19.6. The molecule has 0 heterocycles. The Labute approximate surface area is 198 Å². The summed E-state index contributed by atoms with van der Waals surface area (Å²) in [6.45, 7) is 3.68. The maximum atomic E-state index is 12.7. The SMILES string of the molecule is C#CCOc1c(Cl)cc(C=NNC(=O)C(NC(=O)c2ccc(OC)cc2)C(C)C)cc1OC. The van der Waals surface area contributed by atoms with Crippen molar-refractivity contribution in [2.75, 3.05) is 20.8 Å². The van der Waals surface area contributed by atoms with Crippen molar-refractivity contribution in [1.29, 1.82) is 0 Å². The minimum atomic E-state index is -0.797. The highest BCUT2D eigenvalue weighted by molar-refractivity contribution is 6.32. The Kier molecular flexibility index (Phi) is 9.58. The molecule has 0 spiro atoms. The lowest BCUT2D eigenvalue weighted by Gasteiger charge is -2.20. The van der Waals surface area contributed by atoms with Gasteiger partial charge in [0.15, 0.2) is 11.5 Å². The van der Waals surface area contributed by atoms with E-state index in [1.165, 1.54) is 13.3 Å². The molecule has 2 aromatic carbocycles. The summed E-state index contributed by atoms with van der Waals surface area (Å²) in [6, 6.07) is 9.02. The van der Waals surface area contributed by atoms with Crippen molar-refractivity contribution in [2.24, 2.45) is 11.0 Å². The van der Waals surface area contributed by atoms with E-state index in [0.717, 1.165) is 0 Å². The summed E-state index contributed by atoms with van der Waals surface area (Å²) in [5.41, 5.74) is 3.42. The molecule has 0 bridgehead atoms. The highest BCUT2D eigenvalue weighted by Crippen LogP contribution is 2.35. The predicted molar refractivity (Wildman–Crippen MR) is 127 cm³/mol. The van der Waals surface area contributed by atoms with Crippen molar-refractivity contribution in [3.8, 4) is 29.6 Å². The van der Waals surface area contributed by atoms with Crippen LogP contribution < -0.4 is 25.0 Å². The number of hydrazone groups is 1. The second-order valence-corrected chi connectivity index (χ2v) is 7.59. The van der Waals surface area contributed by atoms with E-state index in [2.05, 4.69) is 21.8 Å². The summed E-state index contributed by atoms with van der Waals surface area (Å²) in [5.74, 6) is 2.66. The van der Waals surface area contributed by atoms with Crippen LogP contribution in [0, 0.1) is 18.3 Å². The van der Waals surface area contributed by atoms with Gasteiger partial charge in [0.2, 0.25) is 0 Å². The van der Waals surface area contributed by atoms with Crippen LogP contribution in [-0.4, -0.2) is 44.9 Å². The summed E-state index contributed by atoms with van der Waals surface area (Å²) < 4.78 is 15.8. The Bertz CT molecular complexity index is 1050. The van der Waals surface area contributed by atoms with E-state index >= 15 is 0 Å². The van der Waals surface area contributed by atoms with Crippen molar-refractivity contribution in [2.45, 2.75) is 19.9 Å². The first-order chi connectivity index (χ1) is 15.8. The predicted octanol–water partition coefficient (Wildman–Crippen LogP) is 3.27. The summed E-state index contributed by atoms with van der Waals surface area (Å²) in [4.78, 5) is 25.2. The molecular formula is C24H26ClN3O5. The lowest BCUT2D eigenvalue weighted by Crippen LogP contribution is -2.48. The number of nitrogens with zero attached hydrogens (tertiary/aromatic N) is 1. The van der Waals surface area contributed by atoms with Gasteiger partial charge in [0.05, 0.1) is 25.5 Å². The molecule has 0 aliphatic carbocycles. The van der Waals surface area contributed by atoms with E-state index < -0.39 is 11.9 Å². The summed E-state index contributed by atoms with van der Waals surface area (Å²) >= 11 is 6.24. The van der Waals surface area contributed by atoms with E-state index in [0.29, 0.717) is 28.4 Å². The number of hydrogen-bond acceptors (Lipinski definition) is 6. The molecule has 0 fully saturated rings. The zero-order valence-electron chi connectivity index (χ0n) is 18.8. The normalized spacial score (nSPS) is 11.5. The molecule has 2 rings (SSSR count). The zero-order chi connectivity index (χ0) is 24.4. The largest absolute Gasteiger partial charge is 0.497 e. The van der Waals surface area contributed by atoms with Crippen molar-refractivity contribution in [1.82, 2.24) is 10.7 Å². The Morgan fingerprint density at radius 2 is 1.88 bits per heavy atom. The Morgan fingerprint density at radius 3 is 2.45 bits per heavy atom. The van der Waals surface area contributed by atoms with Gasteiger partial charge in [-0.05, 0) is 47.9 Å². The van der Waals surface area contributed by atoms with Gasteiger partial charge < -0.3 is 19.5 Å². The lowest BCUT2D eigenvalue weighted by molar-refractivity contribution is -0.123. The van der Waals surface area contributed by atoms with Crippen LogP contribution in [0.25, 0.3) is 0 Å². The van der Waals surface area contributed by atoms with E-state index in [-0.39, 0.29) is 23.5 Å². The first-order valence-corrected chi connectivity index (χ1v) is 10.4. The molecule has 0 aliphatic rings. The first-order valence-electron chi connectivity index (χ1n) is 10.0. The summed E-state index contributed by atoms with van der Waals surface area (Å²) in [7, 11) is 3.01. The third kappa shape index (κ3) is 7.16. The number of ether oxygens (including phenoxy) is 3. The molecule has 1 atom stereocenters. The van der Waals surface area contributed by atoms with Crippen molar-refractivity contribution < 1.29 is 23.8 Å². The van der Waals surface area contributed by atoms with Crippen LogP contribution in [0.4, 0.5) is 0 Å². The summed E-state index contributed by atoms with van der Waals surface area (Å²) in [5, 5.41) is 6.99. The molecule has 2 N–H and O–H groups in total. The highest BCUT2D eigenvalue weighted by Gasteiger charge is 2.24. The molecule has 2 amide bonds. The summed E-state index contributed by atoms with van der Waals surface area (Å²) in [6.07, 6.45) is 6.61. The molecule has 8 nitrogen and oxygen atoms in total. The van der Waals surface area contributed by atoms with Crippen molar-refractivity contribution in [3.05, 3.63) is 52.5 Å². The second kappa shape index (κ2) is 12.4. The number of rotatable bonds is 10. The number of terminal acetylenes is 1. The van der Waals surface area contributed by atoms with Gasteiger partial charge >= 0.3 is 0 Å². The Morgan fingerprint density at radius 1 is 1.18 bits per heavy atom. The Balaban J connectivity index is 2.07. The molecule has 9 heteroatoms. The van der Waals surface area contributed by atoms with Crippen LogP contribution in [-0.2, 0) is 4.79 Å². The fraction of sp³-hybridized carbons (Fsp3) is 0.292. The van der Waals surface area contributed by atoms with Gasteiger partial charge in [0.1, 0.15) is 18.4 Å². The van der Waals surface area contributed by atoms with Crippen LogP contribution in [0.1, 0.15) is 29.8 Å². The van der Waals surface area contributed by atoms with Crippen LogP contribution in [0.5, 0.6) is 17.2 Å². The quantitative estimate of drug-likeness (QED) is 0.315. The van der Waals surface area contributed by atoms with Crippen LogP contribution >= 0.6 is 11.6 Å². The molecular weight excluding hydrogens is 446 g/mol. The minimum absolute atomic E-state index is 0.0401. The Hall–Kier alpha value is -3.70. The topological polar surface area (TPSA) is 98.2 Å². The second-order valence-electron chi connectivity index (χ2n) is 7.18. The van der Waals surface area contributed by atoms with Gasteiger partial charge in [0.25, 0.3) is 11.8 Å². The average molecular weight is 472 g/mol. The molecule has 33 heavy (non-hydrogen) atoms. The fourth-order valence-electron chi connectivity index (χ4n) is 2.81. The number of hydrogen-bond donors (Lipinski definition) is 2. The average Bonchev–Trinajstić information content (AvgIpc) is 2.81. The number of methoxy groups -OCH3 is 2. The molecule has 0 saturated heterocycles. The van der Waals surface area contributed by atoms with Crippen LogP contribution in [0.15, 0.2) is 41.5 Å². The van der Waals surface area contributed by atoms with E-state index in [1.54, 1.807) is 43.5 Å². The molecule has 0 aromatic heterocycles. The van der Waals surface area contributed by atoms with E-state index in [9.17, 15) is 9.59 Å². The highest BCUT2D eigenvalue weighted by atomic mass is 35.5. The lowest BCUT2D eigenvalue weighted by atomic mass is 10.0. The molecule has 0 saturated carbocycles. The molecule has 1 unspecified atom stereocenters. The van der Waals surface area contributed by atoms with Gasteiger partial charge in [-0.3, -0.25) is 9.59 Å². The van der Waals surface area contributed by atoms with Crippen LogP contribution in [0.2, 0.25) is 5.02 Å². The number of amides is 2. The third-order valence-electron chi connectivity index (χ3n) is 4.53. The maximum Gasteiger partial charge on any atom is 0.262 e. The number of benzene rings is 2. The van der Waals surface area contributed by atoms with Gasteiger partial charge in [-0.1, -0.05) is 31.4 Å². The molecule has 0 radical (unpaired) electrons. The van der Waals surface area contributed by atoms with Gasteiger partial charge in [-0.25, -0.2) is 5.43 Å². The molecule has 0 aliphatic heterocycles. The number of nitrogens with one attached hydrogen (secondary N) is 2. The van der Waals surface area contributed by atoms with Gasteiger partial charge in [-0.2, -0.15) is 5.10 Å². The third-order valence-corrected chi connectivity index (χ3v) is 4.81. The smallest absolute Gasteiger partial charge is 0.262 e. The fourth-order valence-corrected chi connectivity index (χ4v) is 3.08. The monoisotopic (exact) mass is 471 g/mol. The number of carbonyl (C=O) groups is 2. The number of halogens is 1. The van der Waals surface area contributed by atoms with E-state index in [4.69, 9.17) is 32.2 Å². The first kappa shape index (κ1) is 25.6. The molecule has 174 valence electrons. The molecule has 2 aromatic rings. The van der Waals surface area contributed by atoms with Gasteiger partial charge in [-0.15, -0.1) is 6.42 Å². The standard InChI is InChI=1S/C24H26ClN3O5/c1-6-11-33-22-19(25)12-16(13-20(22)32-5)14-26-28-24(30)21(15(2)3)27-23(29)17-7-9-18(31-4)10-8-17/h1,7-10,12-15,21H,11H2,2-5H3,(H,27,29)(H,28,30). The van der Waals surface area contributed by atoms with E-state index in [1.807, 2.05) is 13.8 Å².